The number of ketones is 1. The number of benzene rings is 2. The molecule has 0 fully saturated rings. The van der Waals surface area contributed by atoms with Gasteiger partial charge in [-0.3, -0.25) is 9.59 Å². The van der Waals surface area contributed by atoms with Gasteiger partial charge in [-0.25, -0.2) is 4.39 Å². The molecular formula is C20H19FN2O2. The maximum atomic E-state index is 13.4. The van der Waals surface area contributed by atoms with Gasteiger partial charge in [0.2, 0.25) is 5.91 Å². The van der Waals surface area contributed by atoms with Crippen LogP contribution in [0.15, 0.2) is 48.7 Å². The van der Waals surface area contributed by atoms with Gasteiger partial charge in [0.25, 0.3) is 0 Å². The molecule has 25 heavy (non-hydrogen) atoms. The van der Waals surface area contributed by atoms with E-state index >= 15 is 0 Å². The quantitative estimate of drug-likeness (QED) is 0.692. The Morgan fingerprint density at radius 3 is 2.60 bits per heavy atom. The van der Waals surface area contributed by atoms with Crippen LogP contribution in [-0.4, -0.2) is 16.7 Å². The first-order valence-corrected chi connectivity index (χ1v) is 7.98. The molecule has 0 atom stereocenters. The van der Waals surface area contributed by atoms with E-state index in [2.05, 4.69) is 10.3 Å². The summed E-state index contributed by atoms with van der Waals surface area (Å²) in [6, 6.07) is 11.3. The molecule has 3 aromatic rings. The van der Waals surface area contributed by atoms with Gasteiger partial charge in [-0.05, 0) is 56.7 Å². The molecule has 0 saturated carbocycles. The summed E-state index contributed by atoms with van der Waals surface area (Å²) in [5.74, 6) is -0.600. The molecule has 2 aromatic carbocycles. The summed E-state index contributed by atoms with van der Waals surface area (Å²) in [5.41, 5.74) is 1.69. The van der Waals surface area contributed by atoms with E-state index in [1.807, 2.05) is 13.8 Å². The van der Waals surface area contributed by atoms with Gasteiger partial charge >= 0.3 is 0 Å². The van der Waals surface area contributed by atoms with Crippen molar-refractivity contribution in [1.82, 2.24) is 4.98 Å². The third-order valence-electron chi connectivity index (χ3n) is 4.41. The van der Waals surface area contributed by atoms with E-state index in [9.17, 15) is 14.0 Å². The van der Waals surface area contributed by atoms with E-state index in [4.69, 9.17) is 0 Å². The minimum atomic E-state index is -0.845. The molecule has 0 aliphatic rings. The van der Waals surface area contributed by atoms with Gasteiger partial charge in [0.05, 0.1) is 5.41 Å². The van der Waals surface area contributed by atoms with Crippen LogP contribution in [0.2, 0.25) is 0 Å². The lowest BCUT2D eigenvalue weighted by Crippen LogP contribution is -2.34. The van der Waals surface area contributed by atoms with Crippen molar-refractivity contribution < 1.29 is 14.0 Å². The molecule has 2 N–H and O–H groups in total. The zero-order chi connectivity index (χ0) is 18.2. The number of hydrogen-bond donors (Lipinski definition) is 2. The largest absolute Gasteiger partial charge is 0.361 e. The van der Waals surface area contributed by atoms with E-state index in [-0.39, 0.29) is 17.5 Å². The lowest BCUT2D eigenvalue weighted by atomic mass is 9.83. The number of hydrogen-bond acceptors (Lipinski definition) is 2. The summed E-state index contributed by atoms with van der Waals surface area (Å²) in [7, 11) is 0. The Kier molecular flexibility index (Phi) is 4.17. The normalized spacial score (nSPS) is 11.5. The Labute approximate surface area is 145 Å². The van der Waals surface area contributed by atoms with Crippen molar-refractivity contribution in [1.29, 1.82) is 0 Å². The fourth-order valence-corrected chi connectivity index (χ4v) is 2.84. The molecule has 1 aromatic heterocycles. The van der Waals surface area contributed by atoms with Crippen molar-refractivity contribution >= 4 is 28.3 Å². The number of Topliss-reactive ketones (excluding diaryl/α,β-unsaturated/α-hetero) is 1. The van der Waals surface area contributed by atoms with E-state index in [0.717, 1.165) is 10.9 Å². The Morgan fingerprint density at radius 2 is 1.88 bits per heavy atom. The van der Waals surface area contributed by atoms with Crippen molar-refractivity contribution in [2.24, 2.45) is 0 Å². The van der Waals surface area contributed by atoms with E-state index in [0.29, 0.717) is 16.8 Å². The summed E-state index contributed by atoms with van der Waals surface area (Å²) < 4.78 is 13.4. The third kappa shape index (κ3) is 3.18. The summed E-state index contributed by atoms with van der Waals surface area (Å²) in [6.07, 6.45) is 1.73. The fourth-order valence-electron chi connectivity index (χ4n) is 2.84. The zero-order valence-corrected chi connectivity index (χ0v) is 14.3. The number of fused-ring (bicyclic) bond motifs is 1. The Morgan fingerprint density at radius 1 is 1.12 bits per heavy atom. The molecule has 0 bridgehead atoms. The van der Waals surface area contributed by atoms with Crippen LogP contribution in [-0.2, 0) is 10.2 Å². The molecule has 1 amide bonds. The topological polar surface area (TPSA) is 62.0 Å². The number of H-pyrrole nitrogens is 1. The molecule has 4 nitrogen and oxygen atoms in total. The minimum absolute atomic E-state index is 0.0611. The van der Waals surface area contributed by atoms with Gasteiger partial charge in [0.1, 0.15) is 5.82 Å². The van der Waals surface area contributed by atoms with Gasteiger partial charge in [-0.15, -0.1) is 0 Å². The summed E-state index contributed by atoms with van der Waals surface area (Å²) >= 11 is 0. The number of anilines is 1. The van der Waals surface area contributed by atoms with Gasteiger partial charge in [-0.1, -0.05) is 12.1 Å². The number of carbonyl (C=O) groups is 2. The average Bonchev–Trinajstić information content (AvgIpc) is 2.98. The maximum absolute atomic E-state index is 13.4. The van der Waals surface area contributed by atoms with Crippen LogP contribution in [0.3, 0.4) is 0 Å². The number of aromatic amines is 1. The molecule has 0 radical (unpaired) electrons. The van der Waals surface area contributed by atoms with Crippen LogP contribution in [0.4, 0.5) is 10.1 Å². The number of carbonyl (C=O) groups excluding carboxylic acids is 2. The first-order valence-electron chi connectivity index (χ1n) is 7.98. The Balaban J connectivity index is 1.92. The molecule has 0 spiro atoms. The third-order valence-corrected chi connectivity index (χ3v) is 4.41. The second kappa shape index (κ2) is 6.16. The minimum Gasteiger partial charge on any atom is -0.361 e. The number of aromatic nitrogens is 1. The molecule has 0 saturated heterocycles. The Hall–Kier alpha value is -2.95. The highest BCUT2D eigenvalue weighted by molar-refractivity contribution is 6.03. The van der Waals surface area contributed by atoms with Crippen molar-refractivity contribution in [3.8, 4) is 0 Å². The number of rotatable bonds is 4. The van der Waals surface area contributed by atoms with Crippen LogP contribution in [0.5, 0.6) is 0 Å². The summed E-state index contributed by atoms with van der Waals surface area (Å²) in [6.45, 7) is 5.10. The lowest BCUT2D eigenvalue weighted by Gasteiger charge is -2.23. The molecular weight excluding hydrogens is 319 g/mol. The Bertz CT molecular complexity index is 973. The van der Waals surface area contributed by atoms with E-state index in [1.165, 1.54) is 19.1 Å². The van der Waals surface area contributed by atoms with Crippen molar-refractivity contribution in [2.45, 2.75) is 26.2 Å². The van der Waals surface area contributed by atoms with Crippen molar-refractivity contribution in [2.75, 3.05) is 5.32 Å². The monoisotopic (exact) mass is 338 g/mol. The molecule has 0 aliphatic heterocycles. The second-order valence-electron chi connectivity index (χ2n) is 6.61. The smallest absolute Gasteiger partial charge is 0.234 e. The maximum Gasteiger partial charge on any atom is 0.234 e. The molecule has 3 rings (SSSR count). The standard InChI is InChI=1S/C20H19FN2O2/c1-12(24)13-5-4-6-15(9-13)23-19(25)20(2,3)17-11-22-18-10-14(21)7-8-16(17)18/h4-11,22H,1-3H3,(H,23,25). The number of halogens is 1. The number of amides is 1. The average molecular weight is 338 g/mol. The molecule has 0 unspecified atom stereocenters. The highest BCUT2D eigenvalue weighted by atomic mass is 19.1. The highest BCUT2D eigenvalue weighted by Gasteiger charge is 2.32. The predicted octanol–water partition coefficient (Wildman–Crippen LogP) is 4.43. The van der Waals surface area contributed by atoms with Gasteiger partial charge in [0, 0.05) is 28.4 Å². The first-order chi connectivity index (χ1) is 11.8. The molecule has 128 valence electrons. The van der Waals surface area contributed by atoms with Gasteiger partial charge in [-0.2, -0.15) is 0 Å². The van der Waals surface area contributed by atoms with Crippen LogP contribution in [0, 0.1) is 5.82 Å². The van der Waals surface area contributed by atoms with Crippen molar-refractivity contribution in [3.05, 3.63) is 65.6 Å². The molecule has 5 heteroatoms. The van der Waals surface area contributed by atoms with Crippen LogP contribution >= 0.6 is 0 Å². The first kappa shape index (κ1) is 16.9. The molecule has 1 heterocycles. The van der Waals surface area contributed by atoms with Crippen LogP contribution < -0.4 is 5.32 Å². The van der Waals surface area contributed by atoms with Gasteiger partial charge in [0.15, 0.2) is 5.78 Å². The SMILES string of the molecule is CC(=O)c1cccc(NC(=O)C(C)(C)c2c[nH]c3cc(F)ccc23)c1. The summed E-state index contributed by atoms with van der Waals surface area (Å²) in [4.78, 5) is 27.3. The summed E-state index contributed by atoms with van der Waals surface area (Å²) in [5, 5.41) is 3.67. The van der Waals surface area contributed by atoms with E-state index < -0.39 is 5.41 Å². The predicted molar refractivity (Wildman–Crippen MR) is 96.4 cm³/mol. The highest BCUT2D eigenvalue weighted by Crippen LogP contribution is 2.32. The van der Waals surface area contributed by atoms with Crippen LogP contribution in [0.25, 0.3) is 10.9 Å². The van der Waals surface area contributed by atoms with Crippen molar-refractivity contribution in [3.63, 3.8) is 0 Å². The van der Waals surface area contributed by atoms with Gasteiger partial charge < -0.3 is 10.3 Å². The van der Waals surface area contributed by atoms with E-state index in [1.54, 1.807) is 36.5 Å². The zero-order valence-electron chi connectivity index (χ0n) is 14.3. The number of nitrogens with one attached hydrogen (secondary N) is 2. The van der Waals surface area contributed by atoms with Crippen LogP contribution in [0.1, 0.15) is 36.7 Å². The second-order valence-corrected chi connectivity index (χ2v) is 6.61. The fraction of sp³-hybridized carbons (Fsp3) is 0.200. The molecule has 0 aliphatic carbocycles. The lowest BCUT2D eigenvalue weighted by molar-refractivity contribution is -0.120.